The normalized spacial score (nSPS) is 25.2. The molecule has 22 heteroatoms. The van der Waals surface area contributed by atoms with E-state index in [0.29, 0.717) is 47.2 Å². The highest BCUT2D eigenvalue weighted by Gasteiger charge is 2.59. The molecule has 10 aliphatic rings. The van der Waals surface area contributed by atoms with Gasteiger partial charge in [0.2, 0.25) is 0 Å². The van der Waals surface area contributed by atoms with Gasteiger partial charge in [0.25, 0.3) is 17.7 Å². The van der Waals surface area contributed by atoms with Gasteiger partial charge in [-0.25, -0.2) is 29.3 Å². The molecule has 3 amide bonds. The molecule has 6 atom stereocenters. The number of ether oxygens (including phenoxy) is 3. The summed E-state index contributed by atoms with van der Waals surface area (Å²) in [6.45, 7) is 15.6. The number of benzene rings is 3. The molecule has 3 spiro atoms. The van der Waals surface area contributed by atoms with Crippen LogP contribution in [0.25, 0.3) is 22.3 Å². The number of carboxylic acid groups (broad SMARTS) is 3. The Morgan fingerprint density at radius 2 is 0.740 bits per heavy atom. The SMILES string of the molecule is CC1(C)OB(c2ccc(C3CC34CCN(C(=O)[C@H]3CCCO3)CC4)cc2)OC1(C)C.O=C(O)c1cc(-c2ccc([C@@H]3CC34CCN(C(=O)[C@H]3CCCO3)CC4)cc2)ccn1.O=C(O)c1cc(-c2ccc([C@H]3CC34CCN(C(=O)[C@H]3CCCO3)CC4)cc2)ccn1.O=C(O)c1cc(Br)ccn1. The second kappa shape index (κ2) is 29.3. The molecular weight excluding hydrogens is 1340 g/mol. The summed E-state index contributed by atoms with van der Waals surface area (Å²) in [5, 5.41) is 26.7. The highest BCUT2D eigenvalue weighted by Crippen LogP contribution is 2.67. The van der Waals surface area contributed by atoms with Crippen molar-refractivity contribution in [1.82, 2.24) is 29.7 Å². The standard InChI is InChI=1S/C24H34BNO4.2C24H26N2O4.C6H4BrNO2/c1-22(2)23(3,4)30-25(29-22)18-9-7-17(8-10-18)19-16-24(19)11-13-26(14-12-24)21(27)20-6-5-15-28-20;2*27-22(21-2-1-13-30-21)26-11-8-24(9-12-26)15-19(24)17-5-3-16(4-6-17)18-7-10-25-20(14-18)23(28)29;7-4-1-2-8-5(3-4)6(9)10/h7-10,19-20H,5-6,11-16H2,1-4H3;2*3-7,10,14,19,21H,1-2,8-9,11-13,15H2,(H,28,29);1-3H,(H,9,10)/t19?,20-;19-,21+;19-,21-;/m101./s1. The quantitative estimate of drug-likeness (QED) is 0.0962. The Bertz CT molecular complexity index is 3790. The lowest BCUT2D eigenvalue weighted by Crippen LogP contribution is -2.44. The van der Waals surface area contributed by atoms with Gasteiger partial charge in [0.05, 0.1) is 11.2 Å². The van der Waals surface area contributed by atoms with Crippen LogP contribution >= 0.6 is 15.9 Å². The van der Waals surface area contributed by atoms with Crippen molar-refractivity contribution in [3.8, 4) is 22.3 Å². The minimum absolute atomic E-state index is 0.0503. The Balaban J connectivity index is 0.000000125. The number of nitrogens with zero attached hydrogens (tertiary/aromatic N) is 6. The van der Waals surface area contributed by atoms with Crippen molar-refractivity contribution in [2.45, 2.75) is 171 Å². The first-order chi connectivity index (χ1) is 48.0. The van der Waals surface area contributed by atoms with Gasteiger partial charge < -0.3 is 53.5 Å². The molecule has 1 unspecified atom stereocenters. The van der Waals surface area contributed by atoms with Gasteiger partial charge >= 0.3 is 25.0 Å². The van der Waals surface area contributed by atoms with Crippen molar-refractivity contribution >= 4 is 64.1 Å². The van der Waals surface area contributed by atoms with Crippen LogP contribution in [0.3, 0.4) is 0 Å². The van der Waals surface area contributed by atoms with E-state index in [1.165, 1.54) is 60.6 Å². The molecule has 20 nitrogen and oxygen atoms in total. The summed E-state index contributed by atoms with van der Waals surface area (Å²) in [5.74, 6) is -0.742. The maximum atomic E-state index is 12.6. The number of carbonyl (C=O) groups is 6. The highest BCUT2D eigenvalue weighted by atomic mass is 79.9. The number of rotatable bonds is 12. The van der Waals surface area contributed by atoms with Crippen LogP contribution in [0.4, 0.5) is 0 Å². The molecule has 3 aromatic carbocycles. The molecule has 7 aliphatic heterocycles. The largest absolute Gasteiger partial charge is 0.494 e. The Morgan fingerprint density at radius 1 is 0.430 bits per heavy atom. The summed E-state index contributed by atoms with van der Waals surface area (Å²) in [5.41, 5.74) is 9.49. The first-order valence-electron chi connectivity index (χ1n) is 35.6. The maximum Gasteiger partial charge on any atom is 0.494 e. The molecule has 16 rings (SSSR count). The first kappa shape index (κ1) is 70.7. The third-order valence-corrected chi connectivity index (χ3v) is 23.9. The number of pyridine rings is 3. The summed E-state index contributed by atoms with van der Waals surface area (Å²) in [6, 6.07) is 35.8. The minimum atomic E-state index is -1.02. The van der Waals surface area contributed by atoms with E-state index in [2.05, 4.69) is 131 Å². The number of likely N-dealkylation sites (tertiary alicyclic amines) is 3. The van der Waals surface area contributed by atoms with Crippen LogP contribution in [-0.4, -0.2) is 176 Å². The van der Waals surface area contributed by atoms with Crippen LogP contribution in [0.5, 0.6) is 0 Å². The molecule has 10 fully saturated rings. The third kappa shape index (κ3) is 15.5. The van der Waals surface area contributed by atoms with Crippen LogP contribution in [0.1, 0.15) is 190 Å². The minimum Gasteiger partial charge on any atom is -0.477 e. The van der Waals surface area contributed by atoms with Crippen molar-refractivity contribution < 1.29 is 67.6 Å². The van der Waals surface area contributed by atoms with Crippen LogP contribution < -0.4 is 5.46 Å². The monoisotopic (exact) mass is 1420 g/mol. The Labute approximate surface area is 593 Å². The molecule has 100 heavy (non-hydrogen) atoms. The van der Waals surface area contributed by atoms with Crippen LogP contribution in [-0.2, 0) is 37.9 Å². The van der Waals surface area contributed by atoms with E-state index in [1.54, 1.807) is 18.2 Å². The summed E-state index contributed by atoms with van der Waals surface area (Å²) >= 11 is 3.13. The topological polar surface area (TPSA) is 258 Å². The van der Waals surface area contributed by atoms with Crippen molar-refractivity contribution in [3.05, 3.63) is 166 Å². The summed E-state index contributed by atoms with van der Waals surface area (Å²) in [6.07, 6.45) is 19.6. The number of aromatic carboxylic acids is 3. The van der Waals surface area contributed by atoms with Gasteiger partial charge in [-0.2, -0.15) is 0 Å². The van der Waals surface area contributed by atoms with Crippen molar-refractivity contribution in [2.75, 3.05) is 59.1 Å². The van der Waals surface area contributed by atoms with Crippen LogP contribution in [0, 0.1) is 16.2 Å². The van der Waals surface area contributed by atoms with Gasteiger partial charge in [0.1, 0.15) is 35.4 Å². The summed E-state index contributed by atoms with van der Waals surface area (Å²) in [4.78, 5) is 87.8. The fourth-order valence-corrected chi connectivity index (χ4v) is 16.6. The molecule has 3 aromatic heterocycles. The zero-order chi connectivity index (χ0) is 70.1. The second-order valence-corrected chi connectivity index (χ2v) is 30.9. The van der Waals surface area contributed by atoms with Crippen molar-refractivity contribution in [2.24, 2.45) is 16.2 Å². The molecule has 3 saturated carbocycles. The molecule has 526 valence electrons. The zero-order valence-corrected chi connectivity index (χ0v) is 59.1. The van der Waals surface area contributed by atoms with Gasteiger partial charge in [-0.05, 0) is 239 Å². The van der Waals surface area contributed by atoms with Gasteiger partial charge in [-0.1, -0.05) is 88.7 Å². The molecule has 6 aromatic rings. The number of hydrogen-bond donors (Lipinski definition) is 3. The number of carbonyl (C=O) groups excluding carboxylic acids is 3. The molecule has 3 aliphatic carbocycles. The van der Waals surface area contributed by atoms with Crippen LogP contribution in [0.15, 0.2) is 132 Å². The first-order valence-corrected chi connectivity index (χ1v) is 36.4. The smallest absolute Gasteiger partial charge is 0.477 e. The lowest BCUT2D eigenvalue weighted by atomic mass is 9.78. The lowest BCUT2D eigenvalue weighted by Gasteiger charge is -2.34. The van der Waals surface area contributed by atoms with E-state index >= 15 is 0 Å². The number of aromatic nitrogens is 3. The maximum absolute atomic E-state index is 12.6. The van der Waals surface area contributed by atoms with Gasteiger partial charge in [0, 0.05) is 82.2 Å². The van der Waals surface area contributed by atoms with Gasteiger partial charge in [-0.3, -0.25) is 14.4 Å². The average Bonchev–Trinajstić information content (AvgIpc) is 1.59. The molecule has 0 radical (unpaired) electrons. The van der Waals surface area contributed by atoms with Crippen molar-refractivity contribution in [1.29, 1.82) is 0 Å². The van der Waals surface area contributed by atoms with E-state index in [9.17, 15) is 28.8 Å². The number of carboxylic acids is 3. The summed E-state index contributed by atoms with van der Waals surface area (Å²) in [7, 11) is -0.302. The van der Waals surface area contributed by atoms with E-state index in [-0.39, 0.29) is 71.4 Å². The van der Waals surface area contributed by atoms with Gasteiger partial charge in [0.15, 0.2) is 0 Å². The Morgan fingerprint density at radius 3 is 1.03 bits per heavy atom. The van der Waals surface area contributed by atoms with E-state index in [4.69, 9.17) is 38.8 Å². The predicted molar refractivity (Wildman–Crippen MR) is 378 cm³/mol. The summed E-state index contributed by atoms with van der Waals surface area (Å²) < 4.78 is 29.8. The average molecular weight is 1430 g/mol. The second-order valence-electron chi connectivity index (χ2n) is 30.0. The Hall–Kier alpha value is -7.73. The van der Waals surface area contributed by atoms with Gasteiger partial charge in [-0.15, -0.1) is 0 Å². The fourth-order valence-electron chi connectivity index (χ4n) is 16.2. The predicted octanol–water partition coefficient (Wildman–Crippen LogP) is 12.2. The molecule has 0 bridgehead atoms. The number of piperidine rings is 3. The lowest BCUT2D eigenvalue weighted by molar-refractivity contribution is -0.143. The van der Waals surface area contributed by atoms with Crippen LogP contribution in [0.2, 0.25) is 0 Å². The molecule has 10 heterocycles. The highest BCUT2D eigenvalue weighted by molar-refractivity contribution is 9.10. The fraction of sp³-hybridized carbons (Fsp3) is 0.500. The van der Waals surface area contributed by atoms with Crippen molar-refractivity contribution in [3.63, 3.8) is 0 Å². The number of amides is 3. The zero-order valence-electron chi connectivity index (χ0n) is 57.5. The van der Waals surface area contributed by atoms with E-state index < -0.39 is 17.9 Å². The number of hydrogen-bond acceptors (Lipinski definition) is 14. The van der Waals surface area contributed by atoms with E-state index in [1.807, 2.05) is 26.8 Å². The molecular formula is C78H90BBrN6O14. The number of halogens is 1. The molecule has 7 saturated heterocycles. The van der Waals surface area contributed by atoms with E-state index in [0.717, 1.165) is 155 Å². The Kier molecular flexibility index (Phi) is 20.7. The third-order valence-electron chi connectivity index (χ3n) is 23.5. The molecule has 3 N–H and O–H groups in total.